The number of rotatable bonds is 4. The Balaban J connectivity index is 1.38. The molecule has 9 heteroatoms. The smallest absolute Gasteiger partial charge is 0.272 e. The highest BCUT2D eigenvalue weighted by atomic mass is 19.3. The molecule has 1 amide bonds. The van der Waals surface area contributed by atoms with E-state index in [1.54, 1.807) is 40.3 Å². The lowest BCUT2D eigenvalue weighted by atomic mass is 9.75. The Morgan fingerprint density at radius 3 is 2.68 bits per heavy atom. The SMILES string of the molecule is C[C@@H]1CN(c2ccnn3cc(-c4cnn([C@H]5CC5(F)F)c4)cc23)C(=O)[C@]1(C#N)C1CC1. The van der Waals surface area contributed by atoms with Crippen LogP contribution in [0.15, 0.2) is 36.9 Å². The first-order valence-corrected chi connectivity index (χ1v) is 10.5. The molecule has 0 bridgehead atoms. The van der Waals surface area contributed by atoms with Crippen LogP contribution < -0.4 is 4.90 Å². The molecule has 2 aliphatic carbocycles. The zero-order chi connectivity index (χ0) is 21.5. The van der Waals surface area contributed by atoms with Crippen LogP contribution in [0.5, 0.6) is 0 Å². The predicted molar refractivity (Wildman–Crippen MR) is 107 cm³/mol. The van der Waals surface area contributed by atoms with Gasteiger partial charge in [-0.25, -0.2) is 13.3 Å². The first-order chi connectivity index (χ1) is 14.8. The number of carbonyl (C=O) groups excluding carboxylic acids is 1. The molecule has 2 saturated carbocycles. The third kappa shape index (κ3) is 2.51. The molecule has 1 saturated heterocycles. The van der Waals surface area contributed by atoms with E-state index >= 15 is 0 Å². The number of alkyl halides is 2. The molecule has 6 rings (SSSR count). The molecular formula is C22H20F2N6O. The number of fused-ring (bicyclic) bond motifs is 1. The highest BCUT2D eigenvalue weighted by Crippen LogP contribution is 2.55. The normalized spacial score (nSPS) is 29.5. The van der Waals surface area contributed by atoms with Crippen molar-refractivity contribution < 1.29 is 13.6 Å². The predicted octanol–water partition coefficient (Wildman–Crippen LogP) is 3.68. The minimum absolute atomic E-state index is 0.0569. The van der Waals surface area contributed by atoms with Crippen molar-refractivity contribution >= 4 is 17.1 Å². The number of nitrogens with zero attached hydrogens (tertiary/aromatic N) is 6. The van der Waals surface area contributed by atoms with Crippen molar-refractivity contribution in [2.45, 2.75) is 38.2 Å². The first kappa shape index (κ1) is 18.5. The van der Waals surface area contributed by atoms with Gasteiger partial charge in [-0.05, 0) is 30.9 Å². The molecule has 3 atom stereocenters. The van der Waals surface area contributed by atoms with Gasteiger partial charge in [-0.15, -0.1) is 0 Å². The average molecular weight is 422 g/mol. The summed E-state index contributed by atoms with van der Waals surface area (Å²) in [6.45, 7) is 2.46. The monoisotopic (exact) mass is 422 g/mol. The topological polar surface area (TPSA) is 79.2 Å². The van der Waals surface area contributed by atoms with Crippen LogP contribution in [0, 0.1) is 28.6 Å². The van der Waals surface area contributed by atoms with Crippen molar-refractivity contribution in [2.75, 3.05) is 11.4 Å². The summed E-state index contributed by atoms with van der Waals surface area (Å²) >= 11 is 0. The van der Waals surface area contributed by atoms with Crippen LogP contribution in [0.1, 0.15) is 32.2 Å². The van der Waals surface area contributed by atoms with Crippen LogP contribution in [-0.2, 0) is 4.79 Å². The van der Waals surface area contributed by atoms with Gasteiger partial charge >= 0.3 is 0 Å². The summed E-state index contributed by atoms with van der Waals surface area (Å²) in [4.78, 5) is 15.1. The van der Waals surface area contributed by atoms with Gasteiger partial charge < -0.3 is 4.90 Å². The van der Waals surface area contributed by atoms with Gasteiger partial charge in [-0.2, -0.15) is 15.5 Å². The molecule has 1 aliphatic heterocycles. The first-order valence-electron chi connectivity index (χ1n) is 10.5. The lowest BCUT2D eigenvalue weighted by Gasteiger charge is -2.23. The Kier molecular flexibility index (Phi) is 3.52. The molecule has 0 unspecified atom stereocenters. The van der Waals surface area contributed by atoms with E-state index in [2.05, 4.69) is 16.3 Å². The lowest BCUT2D eigenvalue weighted by molar-refractivity contribution is -0.124. The van der Waals surface area contributed by atoms with Crippen molar-refractivity contribution in [3.8, 4) is 17.2 Å². The largest absolute Gasteiger partial charge is 0.309 e. The van der Waals surface area contributed by atoms with Crippen molar-refractivity contribution in [3.63, 3.8) is 0 Å². The average Bonchev–Trinajstić information content (AvgIpc) is 3.52. The second kappa shape index (κ2) is 5.90. The molecule has 0 spiro atoms. The molecule has 31 heavy (non-hydrogen) atoms. The molecule has 7 nitrogen and oxygen atoms in total. The number of anilines is 1. The number of carbonyl (C=O) groups is 1. The Labute approximate surface area is 176 Å². The maximum absolute atomic E-state index is 13.4. The van der Waals surface area contributed by atoms with Gasteiger partial charge in [0.05, 0.1) is 23.5 Å². The minimum atomic E-state index is -2.69. The number of hydrogen-bond acceptors (Lipinski definition) is 4. The van der Waals surface area contributed by atoms with Crippen molar-refractivity contribution in [2.24, 2.45) is 17.3 Å². The van der Waals surface area contributed by atoms with Crippen LogP contribution in [0.4, 0.5) is 14.5 Å². The maximum Gasteiger partial charge on any atom is 0.272 e. The molecule has 3 fully saturated rings. The molecule has 4 heterocycles. The standard InChI is InChI=1S/C22H20F2N6O/c1-13-9-28(20(31)21(13,12-25)16-2-3-16)17-4-5-26-29-10-14(6-18(17)29)15-8-27-30(11-15)19-7-22(19,23)24/h4-6,8,10-11,13,16,19H,2-3,7,9H2,1H3/t13-,19+,21+/m1/s1. The van der Waals surface area contributed by atoms with Crippen molar-refractivity contribution in [1.29, 1.82) is 5.26 Å². The van der Waals surface area contributed by atoms with E-state index < -0.39 is 17.4 Å². The number of nitriles is 1. The van der Waals surface area contributed by atoms with E-state index in [0.717, 1.165) is 23.9 Å². The Bertz CT molecular complexity index is 1270. The summed E-state index contributed by atoms with van der Waals surface area (Å²) in [6.07, 6.45) is 8.27. The van der Waals surface area contributed by atoms with Crippen LogP contribution >= 0.6 is 0 Å². The summed E-state index contributed by atoms with van der Waals surface area (Å²) in [5.74, 6) is -2.75. The minimum Gasteiger partial charge on any atom is -0.309 e. The van der Waals surface area contributed by atoms with E-state index in [4.69, 9.17) is 0 Å². The van der Waals surface area contributed by atoms with Gasteiger partial charge in [0.1, 0.15) is 11.5 Å². The fraction of sp³-hybridized carbons (Fsp3) is 0.455. The Morgan fingerprint density at radius 1 is 1.23 bits per heavy atom. The van der Waals surface area contributed by atoms with Crippen LogP contribution in [0.3, 0.4) is 0 Å². The van der Waals surface area contributed by atoms with E-state index in [9.17, 15) is 18.8 Å². The van der Waals surface area contributed by atoms with Gasteiger partial charge in [0.2, 0.25) is 5.91 Å². The Morgan fingerprint density at radius 2 is 2.00 bits per heavy atom. The number of aromatic nitrogens is 4. The van der Waals surface area contributed by atoms with Gasteiger partial charge in [-0.1, -0.05) is 6.92 Å². The summed E-state index contributed by atoms with van der Waals surface area (Å²) < 4.78 is 29.7. The van der Waals surface area contributed by atoms with E-state index in [1.807, 2.05) is 13.0 Å². The van der Waals surface area contributed by atoms with Crippen molar-refractivity contribution in [1.82, 2.24) is 19.4 Å². The molecular weight excluding hydrogens is 402 g/mol. The van der Waals surface area contributed by atoms with Crippen LogP contribution in [0.2, 0.25) is 0 Å². The van der Waals surface area contributed by atoms with Crippen LogP contribution in [0.25, 0.3) is 16.6 Å². The summed E-state index contributed by atoms with van der Waals surface area (Å²) in [7, 11) is 0. The fourth-order valence-corrected chi connectivity index (χ4v) is 5.04. The maximum atomic E-state index is 13.4. The number of halogens is 2. The number of hydrogen-bond donors (Lipinski definition) is 0. The van der Waals surface area contributed by atoms with Crippen molar-refractivity contribution in [3.05, 3.63) is 36.9 Å². The molecule has 0 N–H and O–H groups in total. The molecule has 3 aromatic rings. The molecule has 158 valence electrons. The second-order valence-corrected chi connectivity index (χ2v) is 9.04. The summed E-state index contributed by atoms with van der Waals surface area (Å²) in [5, 5.41) is 18.4. The lowest BCUT2D eigenvalue weighted by Crippen LogP contribution is -2.37. The molecule has 3 aromatic heterocycles. The van der Waals surface area contributed by atoms with Gasteiger partial charge in [0.25, 0.3) is 5.92 Å². The van der Waals surface area contributed by atoms with E-state index in [1.165, 1.54) is 4.68 Å². The zero-order valence-corrected chi connectivity index (χ0v) is 16.9. The second-order valence-electron chi connectivity index (χ2n) is 9.04. The van der Waals surface area contributed by atoms with Crippen LogP contribution in [-0.4, -0.2) is 37.8 Å². The third-order valence-corrected chi connectivity index (χ3v) is 7.06. The van der Waals surface area contributed by atoms with Gasteiger partial charge in [0.15, 0.2) is 0 Å². The zero-order valence-electron chi connectivity index (χ0n) is 16.9. The Hall–Kier alpha value is -3.28. The highest BCUT2D eigenvalue weighted by Gasteiger charge is 2.61. The number of amides is 1. The van der Waals surface area contributed by atoms with E-state index in [-0.39, 0.29) is 24.2 Å². The molecule has 3 aliphatic rings. The summed E-state index contributed by atoms with van der Waals surface area (Å²) in [6, 6.07) is 5.16. The summed E-state index contributed by atoms with van der Waals surface area (Å²) in [5.41, 5.74) is 1.98. The fourth-order valence-electron chi connectivity index (χ4n) is 5.04. The molecule has 0 aromatic carbocycles. The quantitative estimate of drug-likeness (QED) is 0.643. The molecule has 0 radical (unpaired) electrons. The van der Waals surface area contributed by atoms with Gasteiger partial charge in [-0.3, -0.25) is 9.48 Å². The van der Waals surface area contributed by atoms with Gasteiger partial charge in [0, 0.05) is 48.6 Å². The third-order valence-electron chi connectivity index (χ3n) is 7.06. The highest BCUT2D eigenvalue weighted by molar-refractivity contribution is 6.05. The van der Waals surface area contributed by atoms with E-state index in [0.29, 0.717) is 17.8 Å².